The molecule has 0 aliphatic carbocycles. The summed E-state index contributed by atoms with van der Waals surface area (Å²) in [6.07, 6.45) is 0.362. The first-order chi connectivity index (χ1) is 24.2. The van der Waals surface area contributed by atoms with Crippen molar-refractivity contribution in [2.24, 2.45) is 5.92 Å². The van der Waals surface area contributed by atoms with E-state index in [9.17, 15) is 41.1 Å². The number of esters is 1. The third-order valence-electron chi connectivity index (χ3n) is 7.98. The molecule has 2 aromatic carbocycles. The van der Waals surface area contributed by atoms with Crippen molar-refractivity contribution < 1.29 is 60.4 Å². The van der Waals surface area contributed by atoms with Crippen LogP contribution in [0.4, 0.5) is 27.6 Å². The molecule has 11 nitrogen and oxygen atoms in total. The summed E-state index contributed by atoms with van der Waals surface area (Å²) < 4.78 is 83.8. The molecular formula is C36H48F5N3O8. The predicted molar refractivity (Wildman–Crippen MR) is 180 cm³/mol. The quantitative estimate of drug-likeness (QED) is 0.0341. The zero-order valence-electron chi connectivity index (χ0n) is 30.4. The summed E-state index contributed by atoms with van der Waals surface area (Å²) in [6, 6.07) is 4.80. The van der Waals surface area contributed by atoms with Gasteiger partial charge in [0.2, 0.25) is 52.6 Å². The van der Waals surface area contributed by atoms with Crippen molar-refractivity contribution in [3.8, 4) is 5.75 Å². The van der Waals surface area contributed by atoms with Crippen molar-refractivity contribution in [2.75, 3.05) is 18.5 Å². The molecule has 290 valence electrons. The number of hydrogen-bond donors (Lipinski definition) is 4. The number of carbonyl (C=O) groups is 4. The minimum absolute atomic E-state index is 0.000360. The molecule has 2 aromatic rings. The van der Waals surface area contributed by atoms with E-state index in [4.69, 9.17) is 14.6 Å². The topological polar surface area (TPSA) is 152 Å². The number of amides is 3. The van der Waals surface area contributed by atoms with Crippen molar-refractivity contribution in [1.82, 2.24) is 10.6 Å². The minimum Gasteiger partial charge on any atom is -0.420 e. The molecule has 2 atom stereocenters. The molecule has 3 amide bonds. The van der Waals surface area contributed by atoms with Crippen LogP contribution in [0, 0.1) is 35.0 Å². The molecule has 16 heteroatoms. The Morgan fingerprint density at radius 3 is 1.83 bits per heavy atom. The second-order valence-electron chi connectivity index (χ2n) is 13.8. The molecule has 0 saturated heterocycles. The van der Waals surface area contributed by atoms with E-state index in [1.165, 1.54) is 6.92 Å². The van der Waals surface area contributed by atoms with Crippen molar-refractivity contribution >= 4 is 29.4 Å². The van der Waals surface area contributed by atoms with E-state index < -0.39 is 82.3 Å². The minimum atomic E-state index is -2.36. The summed E-state index contributed by atoms with van der Waals surface area (Å²) in [4.78, 5) is 50.4. The lowest BCUT2D eigenvalue weighted by Crippen LogP contribution is -2.53. The fraction of sp³-hybridized carbons (Fsp3) is 0.556. The average molecular weight is 746 g/mol. The van der Waals surface area contributed by atoms with Gasteiger partial charge in [0.1, 0.15) is 12.1 Å². The molecule has 1 unspecified atom stereocenters. The van der Waals surface area contributed by atoms with Gasteiger partial charge >= 0.3 is 5.97 Å². The molecule has 0 saturated carbocycles. The molecular weight excluding hydrogens is 697 g/mol. The van der Waals surface area contributed by atoms with E-state index in [0.29, 0.717) is 24.1 Å². The third-order valence-corrected chi connectivity index (χ3v) is 7.98. The van der Waals surface area contributed by atoms with Gasteiger partial charge in [-0.15, -0.1) is 0 Å². The molecule has 0 aliphatic rings. The monoisotopic (exact) mass is 745 g/mol. The van der Waals surface area contributed by atoms with Gasteiger partial charge in [0.25, 0.3) is 0 Å². The van der Waals surface area contributed by atoms with Gasteiger partial charge in [-0.1, -0.05) is 26.0 Å². The first-order valence-electron chi connectivity index (χ1n) is 16.8. The van der Waals surface area contributed by atoms with E-state index in [2.05, 4.69) is 20.7 Å². The molecule has 0 heterocycles. The maximum Gasteiger partial charge on any atom is 0.311 e. The highest BCUT2D eigenvalue weighted by atomic mass is 19.2. The Balaban J connectivity index is 1.73. The molecule has 0 aliphatic heterocycles. The van der Waals surface area contributed by atoms with Crippen LogP contribution in [0.5, 0.6) is 5.75 Å². The second kappa shape index (κ2) is 19.6. The average Bonchev–Trinajstić information content (AvgIpc) is 3.08. The van der Waals surface area contributed by atoms with Crippen molar-refractivity contribution in [2.45, 2.75) is 110 Å². The second-order valence-corrected chi connectivity index (χ2v) is 13.8. The lowest BCUT2D eigenvalue weighted by atomic mass is 10.0. The standard InChI is InChI=1S/C36H48F5N3O8/c1-20(2)31(34(49)42-21(3)33(48)43-23-12-10-22(19-45)11-13-23)44-24(46)9-8-17-50-36(6,7)16-18-51-35(4,5)15-14-25(47)52-32-29(40)27(38)26(37)28(39)30(32)41/h10-13,20-21,31,45H,8-9,14-19H2,1-7H3,(H,42,49)(H,43,48)(H,44,46)/t21-,31?/m0/s1. The van der Waals surface area contributed by atoms with Crippen molar-refractivity contribution in [3.05, 3.63) is 58.9 Å². The number of aliphatic hydroxyl groups excluding tert-OH is 1. The van der Waals surface area contributed by atoms with Gasteiger partial charge in [-0.3, -0.25) is 19.2 Å². The number of benzene rings is 2. The van der Waals surface area contributed by atoms with Crippen LogP contribution in [-0.4, -0.2) is 65.3 Å². The highest BCUT2D eigenvalue weighted by Gasteiger charge is 2.30. The van der Waals surface area contributed by atoms with E-state index in [1.807, 2.05) is 13.8 Å². The Morgan fingerprint density at radius 1 is 0.731 bits per heavy atom. The molecule has 0 radical (unpaired) electrons. The molecule has 0 bridgehead atoms. The molecule has 0 aromatic heterocycles. The Hall–Kier alpha value is -4.15. The van der Waals surface area contributed by atoms with Crippen LogP contribution in [0.1, 0.15) is 86.1 Å². The van der Waals surface area contributed by atoms with Crippen LogP contribution in [-0.2, 0) is 35.3 Å². The maximum absolute atomic E-state index is 13.8. The molecule has 0 spiro atoms. The van der Waals surface area contributed by atoms with Crippen molar-refractivity contribution in [3.63, 3.8) is 0 Å². The smallest absolute Gasteiger partial charge is 0.311 e. The number of halogens is 5. The summed E-state index contributed by atoms with van der Waals surface area (Å²) in [5.41, 5.74) is -0.436. The fourth-order valence-electron chi connectivity index (χ4n) is 4.63. The van der Waals surface area contributed by atoms with E-state index in [1.54, 1.807) is 52.0 Å². The fourth-order valence-corrected chi connectivity index (χ4v) is 4.63. The number of nitrogens with one attached hydrogen (secondary N) is 3. The highest BCUT2D eigenvalue weighted by Crippen LogP contribution is 2.30. The molecule has 2 rings (SSSR count). The molecule has 52 heavy (non-hydrogen) atoms. The van der Waals surface area contributed by atoms with E-state index in [-0.39, 0.29) is 44.5 Å². The Bertz CT molecular complexity index is 1520. The van der Waals surface area contributed by atoms with E-state index in [0.717, 1.165) is 0 Å². The summed E-state index contributed by atoms with van der Waals surface area (Å²) in [5, 5.41) is 17.2. The van der Waals surface area contributed by atoms with Gasteiger partial charge in [-0.25, -0.2) is 13.2 Å². The first kappa shape index (κ1) is 44.0. The normalized spacial score (nSPS) is 13.0. The van der Waals surface area contributed by atoms with Gasteiger partial charge in [-0.05, 0) is 77.5 Å². The van der Waals surface area contributed by atoms with Crippen molar-refractivity contribution in [1.29, 1.82) is 0 Å². The van der Waals surface area contributed by atoms with Crippen LogP contribution in [0.2, 0.25) is 0 Å². The lowest BCUT2D eigenvalue weighted by molar-refractivity contribution is -0.137. The number of carbonyl (C=O) groups excluding carboxylic acids is 4. The van der Waals surface area contributed by atoms with E-state index >= 15 is 0 Å². The summed E-state index contributed by atoms with van der Waals surface area (Å²) >= 11 is 0. The first-order valence-corrected chi connectivity index (χ1v) is 16.8. The van der Waals surface area contributed by atoms with Gasteiger partial charge in [0.15, 0.2) is 0 Å². The van der Waals surface area contributed by atoms with Gasteiger partial charge in [0.05, 0.1) is 24.4 Å². The van der Waals surface area contributed by atoms with Crippen LogP contribution in [0.15, 0.2) is 24.3 Å². The lowest BCUT2D eigenvalue weighted by Gasteiger charge is -2.29. The van der Waals surface area contributed by atoms with Crippen LogP contribution in [0.3, 0.4) is 0 Å². The SMILES string of the molecule is CC(C)C(NC(=O)CCCOC(C)(C)CCOC(C)(C)CCC(=O)Oc1c(F)c(F)c(F)c(F)c1F)C(=O)N[C@@H](C)C(=O)Nc1ccc(CO)cc1. The van der Waals surface area contributed by atoms with Crippen LogP contribution in [0.25, 0.3) is 0 Å². The Morgan fingerprint density at radius 2 is 1.27 bits per heavy atom. The van der Waals surface area contributed by atoms with Gasteiger partial charge < -0.3 is 35.3 Å². The zero-order valence-corrected chi connectivity index (χ0v) is 30.4. The number of anilines is 1. The zero-order chi connectivity index (χ0) is 39.4. The largest absolute Gasteiger partial charge is 0.420 e. The molecule has 0 fully saturated rings. The number of hydrogen-bond acceptors (Lipinski definition) is 8. The Labute approximate surface area is 300 Å². The van der Waals surface area contributed by atoms with Crippen LogP contribution < -0.4 is 20.7 Å². The Kier molecular flexibility index (Phi) is 16.6. The predicted octanol–water partition coefficient (Wildman–Crippen LogP) is 5.60. The van der Waals surface area contributed by atoms with Crippen LogP contribution >= 0.6 is 0 Å². The van der Waals surface area contributed by atoms with Gasteiger partial charge in [0, 0.05) is 25.1 Å². The van der Waals surface area contributed by atoms with Gasteiger partial charge in [-0.2, -0.15) is 8.78 Å². The summed E-state index contributed by atoms with van der Waals surface area (Å²) in [6.45, 7) is 12.2. The highest BCUT2D eigenvalue weighted by molar-refractivity contribution is 5.98. The molecule has 4 N–H and O–H groups in total. The summed E-state index contributed by atoms with van der Waals surface area (Å²) in [5.74, 6) is -15.8. The number of aliphatic hydroxyl groups is 1. The maximum atomic E-state index is 13.8. The summed E-state index contributed by atoms with van der Waals surface area (Å²) in [7, 11) is 0. The number of ether oxygens (including phenoxy) is 3. The third kappa shape index (κ3) is 13.8. The number of rotatable bonds is 20.